The molecule has 3 aliphatic heterocycles. The topological polar surface area (TPSA) is 187 Å². The molecule has 1 unspecified atom stereocenters. The van der Waals surface area contributed by atoms with E-state index in [4.69, 9.17) is 4.74 Å². The van der Waals surface area contributed by atoms with Crippen molar-refractivity contribution < 1.29 is 28.7 Å². The number of aromatic nitrogens is 4. The van der Waals surface area contributed by atoms with Gasteiger partial charge in [0.25, 0.3) is 11.8 Å². The number of benzene rings is 3. The predicted molar refractivity (Wildman–Crippen MR) is 208 cm³/mol. The quantitative estimate of drug-likeness (QED) is 0.158. The summed E-state index contributed by atoms with van der Waals surface area (Å²) < 4.78 is 8.10. The first-order valence-electron chi connectivity index (χ1n) is 18.6. The van der Waals surface area contributed by atoms with Crippen molar-refractivity contribution >= 4 is 57.9 Å². The number of piperazine rings is 1. The number of carbonyl (C=O) groups is 5. The van der Waals surface area contributed by atoms with Gasteiger partial charge in [0.05, 0.1) is 22.2 Å². The lowest BCUT2D eigenvalue weighted by Crippen LogP contribution is -2.54. The third-order valence-electron chi connectivity index (χ3n) is 10.4. The fraction of sp³-hybridized carbons (Fsp3) is 0.325. The van der Waals surface area contributed by atoms with Gasteiger partial charge in [-0.15, -0.1) is 0 Å². The van der Waals surface area contributed by atoms with E-state index < -0.39 is 29.7 Å². The average Bonchev–Trinajstić information content (AvgIpc) is 3.89. The Kier molecular flexibility index (Phi) is 9.49. The summed E-state index contributed by atoms with van der Waals surface area (Å²) in [6.07, 6.45) is 1.97. The molecule has 6 amide bonds. The Labute approximate surface area is 322 Å². The maximum absolute atomic E-state index is 13.3. The second-order valence-electron chi connectivity index (χ2n) is 15.2. The van der Waals surface area contributed by atoms with Gasteiger partial charge < -0.3 is 15.0 Å². The van der Waals surface area contributed by atoms with E-state index in [-0.39, 0.29) is 35.4 Å². The van der Waals surface area contributed by atoms with Crippen LogP contribution in [0.2, 0.25) is 0 Å². The molecule has 2 fully saturated rings. The smallest absolute Gasteiger partial charge is 0.324 e. The van der Waals surface area contributed by atoms with Crippen molar-refractivity contribution in [3.05, 3.63) is 89.9 Å². The van der Waals surface area contributed by atoms with Gasteiger partial charge in [0.15, 0.2) is 5.82 Å². The van der Waals surface area contributed by atoms with Gasteiger partial charge in [0, 0.05) is 79.4 Å². The number of ether oxygens (including phenoxy) is 1. The number of anilines is 3. The number of imide groups is 2. The Morgan fingerprint density at radius 3 is 2.36 bits per heavy atom. The molecular formula is C40H42N10O6. The minimum absolute atomic E-state index is 0.0817. The van der Waals surface area contributed by atoms with Crippen LogP contribution < -0.4 is 25.6 Å². The van der Waals surface area contributed by atoms with Crippen LogP contribution in [-0.4, -0.2) is 105 Å². The number of urea groups is 1. The highest BCUT2D eigenvalue weighted by Gasteiger charge is 2.44. The number of rotatable bonds is 9. The van der Waals surface area contributed by atoms with Crippen LogP contribution >= 0.6 is 0 Å². The van der Waals surface area contributed by atoms with E-state index in [1.807, 2.05) is 59.2 Å². The second-order valence-corrected chi connectivity index (χ2v) is 15.2. The van der Waals surface area contributed by atoms with Crippen molar-refractivity contribution in [2.24, 2.45) is 0 Å². The number of amides is 6. The van der Waals surface area contributed by atoms with Crippen LogP contribution in [0, 0.1) is 0 Å². The van der Waals surface area contributed by atoms with Gasteiger partial charge in [0.2, 0.25) is 11.8 Å². The molecule has 2 saturated heterocycles. The molecule has 0 radical (unpaired) electrons. The molecule has 3 aliphatic rings. The van der Waals surface area contributed by atoms with Crippen molar-refractivity contribution in [2.75, 3.05) is 54.9 Å². The first-order valence-corrected chi connectivity index (χ1v) is 18.6. The lowest BCUT2D eigenvalue weighted by atomic mass is 9.92. The molecule has 16 nitrogen and oxygen atoms in total. The third kappa shape index (κ3) is 7.30. The zero-order valence-electron chi connectivity index (χ0n) is 31.3. The van der Waals surface area contributed by atoms with Crippen LogP contribution in [0.4, 0.5) is 22.0 Å². The van der Waals surface area contributed by atoms with Crippen molar-refractivity contribution in [3.63, 3.8) is 0 Å². The van der Waals surface area contributed by atoms with E-state index in [0.717, 1.165) is 71.5 Å². The number of fused-ring (bicyclic) bond motifs is 2. The summed E-state index contributed by atoms with van der Waals surface area (Å²) in [6, 6.07) is 19.0. The molecule has 3 aromatic carbocycles. The van der Waals surface area contributed by atoms with E-state index in [9.17, 15) is 24.0 Å². The summed E-state index contributed by atoms with van der Waals surface area (Å²) >= 11 is 0. The second kappa shape index (κ2) is 14.6. The number of carbonyl (C=O) groups excluding carboxylic acids is 5. The number of nitrogens with one attached hydrogen (secondary N) is 4. The van der Waals surface area contributed by atoms with Crippen LogP contribution in [0.25, 0.3) is 16.7 Å². The molecular weight excluding hydrogens is 717 g/mol. The van der Waals surface area contributed by atoms with E-state index in [1.165, 1.54) is 0 Å². The highest BCUT2D eigenvalue weighted by Crippen LogP contribution is 2.31. The van der Waals surface area contributed by atoms with Crippen LogP contribution in [0.15, 0.2) is 73.1 Å². The maximum Gasteiger partial charge on any atom is 0.324 e. The van der Waals surface area contributed by atoms with Gasteiger partial charge in [-0.05, 0) is 61.0 Å². The Bertz CT molecular complexity index is 2350. The van der Waals surface area contributed by atoms with Gasteiger partial charge in [-0.3, -0.25) is 49.3 Å². The minimum Gasteiger partial charge on any atom is -0.492 e. The highest BCUT2D eigenvalue weighted by molar-refractivity contribution is 6.23. The van der Waals surface area contributed by atoms with Crippen molar-refractivity contribution in [1.82, 2.24) is 34.9 Å². The monoisotopic (exact) mass is 758 g/mol. The molecule has 16 heteroatoms. The first kappa shape index (κ1) is 36.4. The minimum atomic E-state index is -0.986. The highest BCUT2D eigenvalue weighted by atomic mass is 16.5. The van der Waals surface area contributed by atoms with Gasteiger partial charge in [-0.25, -0.2) is 9.78 Å². The molecule has 0 spiro atoms. The van der Waals surface area contributed by atoms with Crippen molar-refractivity contribution in [3.8, 4) is 11.4 Å². The molecule has 0 bridgehead atoms. The van der Waals surface area contributed by atoms with Crippen molar-refractivity contribution in [1.29, 1.82) is 0 Å². The molecule has 5 heterocycles. The van der Waals surface area contributed by atoms with Gasteiger partial charge >= 0.3 is 6.03 Å². The molecule has 4 N–H and O–H groups in total. The Hall–Kier alpha value is -6.55. The lowest BCUT2D eigenvalue weighted by molar-refractivity contribution is -0.136. The third-order valence-corrected chi connectivity index (χ3v) is 10.4. The van der Waals surface area contributed by atoms with E-state index >= 15 is 0 Å². The molecule has 0 saturated carbocycles. The zero-order chi connectivity index (χ0) is 39.1. The largest absolute Gasteiger partial charge is 0.492 e. The summed E-state index contributed by atoms with van der Waals surface area (Å²) in [5.74, 6) is -0.858. The number of piperidine rings is 1. The number of nitrogens with zero attached hydrogens (tertiary/aromatic N) is 6. The number of hydrogen-bond acceptors (Lipinski definition) is 10. The number of hydrogen-bond donors (Lipinski definition) is 4. The summed E-state index contributed by atoms with van der Waals surface area (Å²) in [5.41, 5.74) is 5.45. The summed E-state index contributed by atoms with van der Waals surface area (Å²) in [7, 11) is 0. The van der Waals surface area contributed by atoms with E-state index in [0.29, 0.717) is 18.1 Å². The fourth-order valence-corrected chi connectivity index (χ4v) is 7.22. The van der Waals surface area contributed by atoms with E-state index in [1.54, 1.807) is 18.5 Å². The van der Waals surface area contributed by atoms with Gasteiger partial charge in [-0.1, -0.05) is 20.8 Å². The summed E-state index contributed by atoms with van der Waals surface area (Å²) in [4.78, 5) is 73.0. The molecule has 288 valence electrons. The predicted octanol–water partition coefficient (Wildman–Crippen LogP) is 4.29. The fourth-order valence-electron chi connectivity index (χ4n) is 7.22. The Morgan fingerprint density at radius 1 is 0.875 bits per heavy atom. The van der Waals surface area contributed by atoms with Gasteiger partial charge in [-0.2, -0.15) is 5.10 Å². The van der Waals surface area contributed by atoms with Crippen LogP contribution in [0.5, 0.6) is 5.75 Å². The number of H-pyrrole nitrogens is 1. The van der Waals surface area contributed by atoms with Crippen LogP contribution in [-0.2, 0) is 15.0 Å². The summed E-state index contributed by atoms with van der Waals surface area (Å²) in [6.45, 7) is 10.5. The van der Waals surface area contributed by atoms with E-state index in [2.05, 4.69) is 61.7 Å². The number of imidazole rings is 1. The molecule has 56 heavy (non-hydrogen) atoms. The molecule has 5 aromatic rings. The molecule has 8 rings (SSSR count). The van der Waals surface area contributed by atoms with Gasteiger partial charge in [0.1, 0.15) is 24.7 Å². The van der Waals surface area contributed by atoms with Crippen molar-refractivity contribution in [2.45, 2.75) is 45.1 Å². The summed E-state index contributed by atoms with van der Waals surface area (Å²) in [5, 5.41) is 15.0. The standard InChI is InChI=1S/C40H42N10O6/c1-40(2,3)33-22-34(46-45-33)43-39(55)42-24-4-6-25(7-5-24)49-23-41-30-21-27(9-11-31(30)49)56-19-18-47-14-16-48(17-15-47)26-8-10-28-29(20-26)38(54)50(37(28)53)32-12-13-35(51)44-36(32)52/h4-11,20-23,32H,12-19H2,1-3H3,(H,44,51,52)(H3,42,43,45,46,55). The maximum atomic E-state index is 13.3. The Morgan fingerprint density at radius 2 is 1.62 bits per heavy atom. The first-order chi connectivity index (χ1) is 26.9. The van der Waals surface area contributed by atoms with Crippen LogP contribution in [0.3, 0.4) is 0 Å². The average molecular weight is 759 g/mol. The normalized spacial score (nSPS) is 17.7. The zero-order valence-corrected chi connectivity index (χ0v) is 31.3. The molecule has 0 aliphatic carbocycles. The lowest BCUT2D eigenvalue weighted by Gasteiger charge is -2.36. The SMILES string of the molecule is CC(C)(C)c1cc(NC(=O)Nc2ccc(-n3cnc4cc(OCCN5CCN(c6ccc7c(c6)C(=O)N(C6CCC(=O)NC6=O)C7=O)CC5)ccc43)cc2)n[nH]1. The Balaban J connectivity index is 0.809. The van der Waals surface area contributed by atoms with Crippen LogP contribution in [0.1, 0.15) is 60.0 Å². The number of aromatic amines is 1. The molecule has 1 atom stereocenters. The molecule has 2 aromatic heterocycles.